The summed E-state index contributed by atoms with van der Waals surface area (Å²) in [4.78, 5) is 29.0. The number of amides is 2. The number of alkyl carbamates (subject to hydrolysis) is 1. The van der Waals surface area contributed by atoms with Crippen LogP contribution in [0.5, 0.6) is 0 Å². The molecule has 1 N–H and O–H groups in total. The summed E-state index contributed by atoms with van der Waals surface area (Å²) >= 11 is 0. The zero-order chi connectivity index (χ0) is 17.3. The second-order valence-electron chi connectivity index (χ2n) is 7.36. The van der Waals surface area contributed by atoms with Crippen molar-refractivity contribution in [3.63, 3.8) is 0 Å². The topological polar surface area (TPSA) is 61.9 Å². The Bertz CT molecular complexity index is 635. The minimum atomic E-state index is -0.334. The number of nitrogens with one attached hydrogen (secondary N) is 1. The summed E-state index contributed by atoms with van der Waals surface area (Å²) in [6.07, 6.45) is 3.49. The Balaban J connectivity index is 1.48. The van der Waals surface area contributed by atoms with E-state index in [-0.39, 0.29) is 23.6 Å². The van der Waals surface area contributed by atoms with Gasteiger partial charge < -0.3 is 15.0 Å². The monoisotopic (exact) mass is 343 g/mol. The Morgan fingerprint density at radius 1 is 1.08 bits per heavy atom. The van der Waals surface area contributed by atoms with Gasteiger partial charge in [-0.05, 0) is 44.3 Å². The molecule has 1 aromatic carbocycles. The lowest BCUT2D eigenvalue weighted by Gasteiger charge is -2.40. The highest BCUT2D eigenvalue weighted by atomic mass is 16.6. The normalized spacial score (nSPS) is 24.2. The van der Waals surface area contributed by atoms with Gasteiger partial charge in [0.1, 0.15) is 12.6 Å². The van der Waals surface area contributed by atoms with Gasteiger partial charge in [-0.1, -0.05) is 30.3 Å². The van der Waals surface area contributed by atoms with E-state index >= 15 is 0 Å². The van der Waals surface area contributed by atoms with Crippen LogP contribution in [0.4, 0.5) is 4.79 Å². The van der Waals surface area contributed by atoms with Crippen molar-refractivity contribution >= 4 is 12.0 Å². The zero-order valence-electron chi connectivity index (χ0n) is 14.4. The summed E-state index contributed by atoms with van der Waals surface area (Å²) in [5, 5.41) is 2.94. The smallest absolute Gasteiger partial charge is 0.407 e. The van der Waals surface area contributed by atoms with E-state index in [4.69, 9.17) is 4.74 Å². The number of carbonyl (C=O) groups excluding carboxylic acids is 2. The molecule has 3 aliphatic heterocycles. The first-order valence-corrected chi connectivity index (χ1v) is 9.20. The number of cyclic esters (lactones) is 1. The van der Waals surface area contributed by atoms with Gasteiger partial charge in [-0.15, -0.1) is 0 Å². The molecule has 0 aromatic heterocycles. The molecule has 1 unspecified atom stereocenters. The largest absolute Gasteiger partial charge is 0.447 e. The lowest BCUT2D eigenvalue weighted by molar-refractivity contribution is -0.138. The van der Waals surface area contributed by atoms with E-state index in [0.29, 0.717) is 19.7 Å². The summed E-state index contributed by atoms with van der Waals surface area (Å²) in [5.74, 6) is 0.188. The first kappa shape index (κ1) is 16.4. The van der Waals surface area contributed by atoms with E-state index in [9.17, 15) is 9.59 Å². The van der Waals surface area contributed by atoms with E-state index in [2.05, 4.69) is 22.3 Å². The molecule has 3 heterocycles. The molecule has 0 bridgehead atoms. The predicted octanol–water partition coefficient (Wildman–Crippen LogP) is 1.92. The molecular weight excluding hydrogens is 318 g/mol. The van der Waals surface area contributed by atoms with Crippen molar-refractivity contribution < 1.29 is 14.3 Å². The van der Waals surface area contributed by atoms with Crippen LogP contribution in [0, 0.1) is 0 Å². The molecule has 2 amide bonds. The van der Waals surface area contributed by atoms with Crippen LogP contribution in [-0.4, -0.2) is 60.1 Å². The molecule has 3 aliphatic rings. The summed E-state index contributed by atoms with van der Waals surface area (Å²) in [5.41, 5.74) is 0.802. The SMILES string of the molecule is O=C1NC2(CCN(C(=O)C(c3ccccc3)N3CCCC3)CC2)CO1. The molecule has 4 rings (SSSR count). The number of ether oxygens (including phenoxy) is 1. The summed E-state index contributed by atoms with van der Waals surface area (Å²) in [6, 6.07) is 9.91. The van der Waals surface area contributed by atoms with E-state index < -0.39 is 0 Å². The number of likely N-dealkylation sites (tertiary alicyclic amines) is 2. The number of rotatable bonds is 3. The van der Waals surface area contributed by atoms with Crippen LogP contribution in [0.15, 0.2) is 30.3 Å². The maximum Gasteiger partial charge on any atom is 0.407 e. The molecule has 1 atom stereocenters. The van der Waals surface area contributed by atoms with Gasteiger partial charge in [0.2, 0.25) is 5.91 Å². The van der Waals surface area contributed by atoms with Crippen LogP contribution in [0.25, 0.3) is 0 Å². The Hall–Kier alpha value is -2.08. The third-order valence-electron chi connectivity index (χ3n) is 5.73. The minimum absolute atomic E-state index is 0.188. The van der Waals surface area contributed by atoms with Crippen molar-refractivity contribution in [2.45, 2.75) is 37.3 Å². The van der Waals surface area contributed by atoms with Gasteiger partial charge in [0.05, 0.1) is 5.54 Å². The van der Waals surface area contributed by atoms with Gasteiger partial charge in [-0.25, -0.2) is 4.79 Å². The van der Waals surface area contributed by atoms with Gasteiger partial charge in [0.15, 0.2) is 0 Å². The Morgan fingerprint density at radius 3 is 2.36 bits per heavy atom. The van der Waals surface area contributed by atoms with Crippen LogP contribution in [-0.2, 0) is 9.53 Å². The van der Waals surface area contributed by atoms with E-state index in [1.54, 1.807) is 0 Å². The van der Waals surface area contributed by atoms with E-state index in [0.717, 1.165) is 44.3 Å². The second kappa shape index (κ2) is 6.67. The molecule has 1 aromatic rings. The Morgan fingerprint density at radius 2 is 1.76 bits per heavy atom. The quantitative estimate of drug-likeness (QED) is 0.911. The highest BCUT2D eigenvalue weighted by molar-refractivity contribution is 5.83. The fourth-order valence-electron chi connectivity index (χ4n) is 4.23. The minimum Gasteiger partial charge on any atom is -0.447 e. The number of carbonyl (C=O) groups is 2. The number of hydrogen-bond acceptors (Lipinski definition) is 4. The number of piperidine rings is 1. The number of benzene rings is 1. The summed E-state index contributed by atoms with van der Waals surface area (Å²) in [7, 11) is 0. The molecule has 6 nitrogen and oxygen atoms in total. The van der Waals surface area contributed by atoms with Crippen LogP contribution in [0.2, 0.25) is 0 Å². The van der Waals surface area contributed by atoms with Crippen molar-refractivity contribution in [1.82, 2.24) is 15.1 Å². The highest BCUT2D eigenvalue weighted by Crippen LogP contribution is 2.31. The fraction of sp³-hybridized carbons (Fsp3) is 0.579. The zero-order valence-corrected chi connectivity index (χ0v) is 14.4. The molecule has 0 saturated carbocycles. The van der Waals surface area contributed by atoms with Crippen LogP contribution in [0.3, 0.4) is 0 Å². The lowest BCUT2D eigenvalue weighted by Crippen LogP contribution is -2.55. The van der Waals surface area contributed by atoms with Crippen LogP contribution in [0.1, 0.15) is 37.3 Å². The number of nitrogens with zero attached hydrogens (tertiary/aromatic N) is 2. The summed E-state index contributed by atoms with van der Waals surface area (Å²) in [6.45, 7) is 3.71. The summed E-state index contributed by atoms with van der Waals surface area (Å²) < 4.78 is 5.08. The van der Waals surface area contributed by atoms with Gasteiger partial charge in [-0.2, -0.15) is 0 Å². The van der Waals surface area contributed by atoms with Gasteiger partial charge in [0, 0.05) is 13.1 Å². The van der Waals surface area contributed by atoms with Crippen molar-refractivity contribution in [2.24, 2.45) is 0 Å². The Kier molecular flexibility index (Phi) is 4.37. The lowest BCUT2D eigenvalue weighted by atomic mass is 9.88. The second-order valence-corrected chi connectivity index (χ2v) is 7.36. The Labute approximate surface area is 148 Å². The first-order chi connectivity index (χ1) is 12.2. The molecule has 25 heavy (non-hydrogen) atoms. The molecule has 3 saturated heterocycles. The van der Waals surface area contributed by atoms with E-state index in [1.807, 2.05) is 23.1 Å². The van der Waals surface area contributed by atoms with E-state index in [1.165, 1.54) is 0 Å². The molecule has 6 heteroatoms. The average molecular weight is 343 g/mol. The molecule has 3 fully saturated rings. The third-order valence-corrected chi connectivity index (χ3v) is 5.73. The van der Waals surface area contributed by atoms with Crippen molar-refractivity contribution in [3.8, 4) is 0 Å². The van der Waals surface area contributed by atoms with Gasteiger partial charge >= 0.3 is 6.09 Å². The average Bonchev–Trinajstić information content (AvgIpc) is 3.27. The molecule has 0 radical (unpaired) electrons. The maximum absolute atomic E-state index is 13.3. The molecule has 0 aliphatic carbocycles. The maximum atomic E-state index is 13.3. The number of hydrogen-bond donors (Lipinski definition) is 1. The first-order valence-electron chi connectivity index (χ1n) is 9.20. The molecular formula is C19H25N3O3. The molecule has 134 valence electrons. The highest BCUT2D eigenvalue weighted by Gasteiger charge is 2.44. The van der Waals surface area contributed by atoms with Crippen LogP contribution < -0.4 is 5.32 Å². The van der Waals surface area contributed by atoms with Gasteiger partial charge in [0.25, 0.3) is 0 Å². The van der Waals surface area contributed by atoms with Crippen molar-refractivity contribution in [3.05, 3.63) is 35.9 Å². The van der Waals surface area contributed by atoms with Crippen molar-refractivity contribution in [2.75, 3.05) is 32.8 Å². The molecule has 1 spiro atoms. The fourth-order valence-corrected chi connectivity index (χ4v) is 4.23. The third kappa shape index (κ3) is 3.23. The van der Waals surface area contributed by atoms with Gasteiger partial charge in [-0.3, -0.25) is 9.69 Å². The van der Waals surface area contributed by atoms with Crippen molar-refractivity contribution in [1.29, 1.82) is 0 Å². The van der Waals surface area contributed by atoms with Crippen LogP contribution >= 0.6 is 0 Å². The standard InChI is InChI=1S/C19H25N3O3/c23-17(22-12-8-19(9-13-22)14-25-18(24)20-19)16(21-10-4-5-11-21)15-6-2-1-3-7-15/h1-3,6-7,16H,4-5,8-14H2,(H,20,24). The predicted molar refractivity (Wildman–Crippen MR) is 93.0 cm³/mol.